The van der Waals surface area contributed by atoms with Crippen LogP contribution in [0.1, 0.15) is 44.2 Å². The third kappa shape index (κ3) is 3.23. The zero-order chi connectivity index (χ0) is 19.7. The van der Waals surface area contributed by atoms with Gasteiger partial charge in [-0.05, 0) is 29.5 Å². The summed E-state index contributed by atoms with van der Waals surface area (Å²) in [6, 6.07) is 7.05. The highest BCUT2D eigenvalue weighted by Crippen LogP contribution is 2.29. The lowest BCUT2D eigenvalue weighted by molar-refractivity contribution is -0.121. The molecule has 1 aliphatic rings. The summed E-state index contributed by atoms with van der Waals surface area (Å²) in [7, 11) is 1.25. The number of nitrogens with zero attached hydrogens (tertiary/aromatic N) is 1. The first-order valence-electron chi connectivity index (χ1n) is 8.30. The number of hydrogen-bond donors (Lipinski definition) is 1. The van der Waals surface area contributed by atoms with Crippen molar-refractivity contribution in [2.24, 2.45) is 5.92 Å². The Kier molecular flexibility index (Phi) is 5.09. The van der Waals surface area contributed by atoms with Gasteiger partial charge in [-0.15, -0.1) is 11.3 Å². The minimum Gasteiger partial charge on any atom is -0.465 e. The van der Waals surface area contributed by atoms with Gasteiger partial charge >= 0.3 is 5.97 Å². The Bertz CT molecular complexity index is 899. The first kappa shape index (κ1) is 18.8. The third-order valence-electron chi connectivity index (χ3n) is 4.30. The number of rotatable bonds is 5. The molecular formula is C19H18N2O5S. The number of imide groups is 1. The van der Waals surface area contributed by atoms with Gasteiger partial charge in [0.2, 0.25) is 5.91 Å². The maximum atomic E-state index is 12.9. The Labute approximate surface area is 159 Å². The number of ether oxygens (including phenoxy) is 1. The number of carbonyl (C=O) groups is 4. The minimum absolute atomic E-state index is 0.246. The molecule has 1 N–H and O–H groups in total. The smallest absolute Gasteiger partial charge is 0.350 e. The van der Waals surface area contributed by atoms with Crippen LogP contribution < -0.4 is 5.32 Å². The van der Waals surface area contributed by atoms with Gasteiger partial charge in [0.05, 0.1) is 23.9 Å². The molecule has 1 aliphatic heterocycles. The highest BCUT2D eigenvalue weighted by atomic mass is 32.1. The number of hydrogen-bond acceptors (Lipinski definition) is 6. The van der Waals surface area contributed by atoms with E-state index in [1.165, 1.54) is 7.11 Å². The number of methoxy groups -OCH3 is 1. The van der Waals surface area contributed by atoms with E-state index in [0.717, 1.165) is 16.2 Å². The minimum atomic E-state index is -1.01. The number of thiophene rings is 1. The van der Waals surface area contributed by atoms with Crippen molar-refractivity contribution in [2.45, 2.75) is 19.9 Å². The zero-order valence-corrected chi connectivity index (χ0v) is 15.8. The van der Waals surface area contributed by atoms with Gasteiger partial charge in [-0.3, -0.25) is 19.3 Å². The highest BCUT2D eigenvalue weighted by Gasteiger charge is 2.44. The summed E-state index contributed by atoms with van der Waals surface area (Å²) in [5.41, 5.74) is 0.859. The Hall–Kier alpha value is -3.00. The van der Waals surface area contributed by atoms with E-state index >= 15 is 0 Å². The molecule has 0 saturated heterocycles. The van der Waals surface area contributed by atoms with Crippen molar-refractivity contribution in [1.82, 2.24) is 4.90 Å². The van der Waals surface area contributed by atoms with Crippen molar-refractivity contribution in [2.75, 3.05) is 12.4 Å². The molecule has 7 nitrogen and oxygen atoms in total. The van der Waals surface area contributed by atoms with E-state index in [-0.39, 0.29) is 21.9 Å². The quantitative estimate of drug-likeness (QED) is 0.630. The molecule has 2 heterocycles. The predicted molar refractivity (Wildman–Crippen MR) is 99.9 cm³/mol. The third-order valence-corrected chi connectivity index (χ3v) is 5.19. The fourth-order valence-electron chi connectivity index (χ4n) is 3.04. The maximum absolute atomic E-state index is 12.9. The summed E-state index contributed by atoms with van der Waals surface area (Å²) in [4.78, 5) is 51.5. The lowest BCUT2D eigenvalue weighted by Crippen LogP contribution is -2.50. The van der Waals surface area contributed by atoms with Gasteiger partial charge in [0, 0.05) is 0 Å². The Balaban J connectivity index is 1.90. The molecule has 140 valence electrons. The number of amides is 3. The van der Waals surface area contributed by atoms with Crippen LogP contribution in [0.2, 0.25) is 0 Å². The SMILES string of the molecule is COC(=O)c1sccc1NC(=O)C(C(C)C)N1C(=O)c2ccccc2C1=O. The average Bonchev–Trinajstić information content (AvgIpc) is 3.20. The second-order valence-corrected chi connectivity index (χ2v) is 7.28. The van der Waals surface area contributed by atoms with Crippen LogP contribution in [0.15, 0.2) is 35.7 Å². The molecular weight excluding hydrogens is 368 g/mol. The van der Waals surface area contributed by atoms with Crippen LogP contribution in [0, 0.1) is 5.92 Å². The topological polar surface area (TPSA) is 92.8 Å². The van der Waals surface area contributed by atoms with Crippen LogP contribution in [0.4, 0.5) is 5.69 Å². The molecule has 0 spiro atoms. The van der Waals surface area contributed by atoms with Crippen molar-refractivity contribution in [3.05, 3.63) is 51.7 Å². The van der Waals surface area contributed by atoms with Gasteiger partial charge in [0.25, 0.3) is 11.8 Å². The molecule has 1 aromatic carbocycles. The fourth-order valence-corrected chi connectivity index (χ4v) is 3.81. The Morgan fingerprint density at radius 1 is 1.07 bits per heavy atom. The summed E-state index contributed by atoms with van der Waals surface area (Å²) >= 11 is 1.13. The molecule has 1 aromatic heterocycles. The van der Waals surface area contributed by atoms with Crippen molar-refractivity contribution < 1.29 is 23.9 Å². The van der Waals surface area contributed by atoms with Crippen LogP contribution in [-0.2, 0) is 9.53 Å². The van der Waals surface area contributed by atoms with Gasteiger partial charge in [-0.1, -0.05) is 26.0 Å². The molecule has 0 fully saturated rings. The molecule has 0 radical (unpaired) electrons. The van der Waals surface area contributed by atoms with Crippen LogP contribution >= 0.6 is 11.3 Å². The number of benzene rings is 1. The lowest BCUT2D eigenvalue weighted by Gasteiger charge is -2.28. The van der Waals surface area contributed by atoms with Gasteiger partial charge in [0.15, 0.2) is 0 Å². The predicted octanol–water partition coefficient (Wildman–Crippen LogP) is 2.79. The molecule has 0 aliphatic carbocycles. The second-order valence-electron chi connectivity index (χ2n) is 6.36. The standard InChI is InChI=1S/C19H18N2O5S/c1-10(2)14(16(22)20-13-8-9-27-15(13)19(25)26-3)21-17(23)11-6-4-5-7-12(11)18(21)24/h4-10,14H,1-3H3,(H,20,22). The van der Waals surface area contributed by atoms with Crippen molar-refractivity contribution >= 4 is 40.7 Å². The summed E-state index contributed by atoms with van der Waals surface area (Å²) in [6.45, 7) is 3.51. The van der Waals surface area contributed by atoms with E-state index in [4.69, 9.17) is 4.74 Å². The Morgan fingerprint density at radius 3 is 2.19 bits per heavy atom. The average molecular weight is 386 g/mol. The van der Waals surface area contributed by atoms with Crippen molar-refractivity contribution in [1.29, 1.82) is 0 Å². The van der Waals surface area contributed by atoms with Crippen LogP contribution in [-0.4, -0.2) is 41.7 Å². The maximum Gasteiger partial charge on any atom is 0.350 e. The van der Waals surface area contributed by atoms with E-state index in [0.29, 0.717) is 5.69 Å². The summed E-state index contributed by atoms with van der Waals surface area (Å²) in [5.74, 6) is -2.43. The highest BCUT2D eigenvalue weighted by molar-refractivity contribution is 7.12. The molecule has 0 saturated carbocycles. The number of fused-ring (bicyclic) bond motifs is 1. The number of nitrogens with one attached hydrogen (secondary N) is 1. The summed E-state index contributed by atoms with van der Waals surface area (Å²) in [6.07, 6.45) is 0. The van der Waals surface area contributed by atoms with E-state index in [2.05, 4.69) is 5.32 Å². The van der Waals surface area contributed by atoms with Crippen molar-refractivity contribution in [3.8, 4) is 0 Å². The van der Waals surface area contributed by atoms with Gasteiger partial charge in [-0.2, -0.15) is 0 Å². The van der Waals surface area contributed by atoms with E-state index in [1.807, 2.05) is 0 Å². The molecule has 3 rings (SSSR count). The second kappa shape index (κ2) is 7.32. The van der Waals surface area contributed by atoms with Crippen LogP contribution in [0.5, 0.6) is 0 Å². The largest absolute Gasteiger partial charge is 0.465 e. The zero-order valence-electron chi connectivity index (χ0n) is 15.0. The molecule has 27 heavy (non-hydrogen) atoms. The van der Waals surface area contributed by atoms with Crippen LogP contribution in [0.3, 0.4) is 0 Å². The summed E-state index contributed by atoms with van der Waals surface area (Å²) in [5, 5.41) is 4.30. The van der Waals surface area contributed by atoms with Gasteiger partial charge < -0.3 is 10.1 Å². The molecule has 1 atom stereocenters. The summed E-state index contributed by atoms with van der Waals surface area (Å²) < 4.78 is 4.70. The number of carbonyl (C=O) groups excluding carboxylic acids is 4. The normalized spacial score (nSPS) is 14.3. The Morgan fingerprint density at radius 2 is 1.67 bits per heavy atom. The van der Waals surface area contributed by atoms with Crippen molar-refractivity contribution in [3.63, 3.8) is 0 Å². The molecule has 0 bridgehead atoms. The molecule has 1 unspecified atom stereocenters. The first-order chi connectivity index (χ1) is 12.9. The van der Waals surface area contributed by atoms with Gasteiger partial charge in [0.1, 0.15) is 10.9 Å². The van der Waals surface area contributed by atoms with Gasteiger partial charge in [-0.25, -0.2) is 4.79 Å². The number of anilines is 1. The fraction of sp³-hybridized carbons (Fsp3) is 0.263. The van der Waals surface area contributed by atoms with E-state index < -0.39 is 29.7 Å². The van der Waals surface area contributed by atoms with Crippen LogP contribution in [0.25, 0.3) is 0 Å². The molecule has 8 heteroatoms. The van der Waals surface area contributed by atoms with E-state index in [9.17, 15) is 19.2 Å². The monoisotopic (exact) mass is 386 g/mol. The molecule has 3 amide bonds. The lowest BCUT2D eigenvalue weighted by atomic mass is 10.0. The first-order valence-corrected chi connectivity index (χ1v) is 9.18. The van der Waals surface area contributed by atoms with E-state index in [1.54, 1.807) is 49.6 Å². The molecule has 2 aromatic rings. The number of esters is 1.